The van der Waals surface area contributed by atoms with Crippen molar-refractivity contribution >= 4 is 5.91 Å². The second-order valence-corrected chi connectivity index (χ2v) is 6.92. The molecule has 0 spiro atoms. The van der Waals surface area contributed by atoms with Crippen LogP contribution in [0.25, 0.3) is 0 Å². The van der Waals surface area contributed by atoms with Gasteiger partial charge in [0.1, 0.15) is 12.4 Å². The van der Waals surface area contributed by atoms with Crippen LogP contribution >= 0.6 is 0 Å². The minimum atomic E-state index is -0.365. The van der Waals surface area contributed by atoms with E-state index in [0.717, 1.165) is 5.56 Å². The molecule has 3 aromatic rings. The molecule has 0 saturated heterocycles. The molecule has 5 nitrogen and oxygen atoms in total. The van der Waals surface area contributed by atoms with E-state index in [1.807, 2.05) is 30.3 Å². The van der Waals surface area contributed by atoms with Gasteiger partial charge in [0.2, 0.25) is 0 Å². The Morgan fingerprint density at radius 2 is 1.77 bits per heavy atom. The number of hydrogen-bond donors (Lipinski definition) is 2. The average Bonchev–Trinajstić information content (AvgIpc) is 2.77. The van der Waals surface area contributed by atoms with Gasteiger partial charge in [-0.3, -0.25) is 4.79 Å². The fourth-order valence-electron chi connectivity index (χ4n) is 3.06. The van der Waals surface area contributed by atoms with Gasteiger partial charge < -0.3 is 20.5 Å². The second kappa shape index (κ2) is 10.4. The molecule has 0 heterocycles. The molecule has 3 rings (SSSR count). The molecule has 0 saturated carbocycles. The molecule has 0 bridgehead atoms. The molecular formula is C24H25FN2O3. The number of aromatic hydroxyl groups is 1. The first kappa shape index (κ1) is 21.3. The van der Waals surface area contributed by atoms with E-state index in [1.165, 1.54) is 17.0 Å². The Bertz CT molecular complexity index is 979. The lowest BCUT2D eigenvalue weighted by molar-refractivity contribution is 0.0740. The molecule has 1 amide bonds. The van der Waals surface area contributed by atoms with Gasteiger partial charge in [0, 0.05) is 24.2 Å². The van der Waals surface area contributed by atoms with E-state index < -0.39 is 0 Å². The van der Waals surface area contributed by atoms with Crippen molar-refractivity contribution < 1.29 is 19.0 Å². The maximum atomic E-state index is 14.1. The van der Waals surface area contributed by atoms with Crippen LogP contribution < -0.4 is 10.5 Å². The van der Waals surface area contributed by atoms with E-state index in [4.69, 9.17) is 10.5 Å². The number of halogens is 1. The summed E-state index contributed by atoms with van der Waals surface area (Å²) in [6.45, 7) is 1.23. The lowest BCUT2D eigenvalue weighted by atomic mass is 10.1. The monoisotopic (exact) mass is 408 g/mol. The summed E-state index contributed by atoms with van der Waals surface area (Å²) >= 11 is 0. The molecule has 0 aliphatic heterocycles. The largest absolute Gasteiger partial charge is 0.504 e. The van der Waals surface area contributed by atoms with E-state index in [0.29, 0.717) is 37.2 Å². The third kappa shape index (κ3) is 5.58. The summed E-state index contributed by atoms with van der Waals surface area (Å²) in [7, 11) is 0. The van der Waals surface area contributed by atoms with Gasteiger partial charge in [0.05, 0.1) is 0 Å². The van der Waals surface area contributed by atoms with Crippen molar-refractivity contribution in [2.45, 2.75) is 19.6 Å². The maximum Gasteiger partial charge on any atom is 0.254 e. The minimum absolute atomic E-state index is 0.124. The van der Waals surface area contributed by atoms with Crippen LogP contribution in [0.3, 0.4) is 0 Å². The van der Waals surface area contributed by atoms with Crippen LogP contribution in [0, 0.1) is 5.82 Å². The summed E-state index contributed by atoms with van der Waals surface area (Å²) in [5, 5.41) is 10.3. The van der Waals surface area contributed by atoms with Gasteiger partial charge in [-0.2, -0.15) is 0 Å². The zero-order valence-corrected chi connectivity index (χ0v) is 16.6. The number of phenolic OH excluding ortho intramolecular Hbond substituents is 1. The summed E-state index contributed by atoms with van der Waals surface area (Å²) in [6, 6.07) is 20.5. The fraction of sp³-hybridized carbons (Fsp3) is 0.208. The molecule has 156 valence electrons. The summed E-state index contributed by atoms with van der Waals surface area (Å²) in [6.07, 6.45) is 0.588. The first-order valence-corrected chi connectivity index (χ1v) is 9.81. The van der Waals surface area contributed by atoms with Crippen LogP contribution in [0.2, 0.25) is 0 Å². The number of hydrogen-bond acceptors (Lipinski definition) is 4. The first-order chi connectivity index (χ1) is 14.6. The number of carbonyl (C=O) groups is 1. The van der Waals surface area contributed by atoms with Crippen LogP contribution in [0.5, 0.6) is 11.5 Å². The number of ether oxygens (including phenoxy) is 1. The predicted octanol–water partition coefficient (Wildman–Crippen LogP) is 4.10. The summed E-state index contributed by atoms with van der Waals surface area (Å²) in [5.41, 5.74) is 7.29. The third-order valence-electron chi connectivity index (χ3n) is 4.68. The predicted molar refractivity (Wildman–Crippen MR) is 114 cm³/mol. The van der Waals surface area contributed by atoms with Crippen molar-refractivity contribution in [1.29, 1.82) is 0 Å². The molecule has 6 heteroatoms. The third-order valence-corrected chi connectivity index (χ3v) is 4.68. The first-order valence-electron chi connectivity index (χ1n) is 9.81. The van der Waals surface area contributed by atoms with Crippen LogP contribution in [-0.2, 0) is 13.2 Å². The molecule has 0 radical (unpaired) electrons. The van der Waals surface area contributed by atoms with E-state index in [1.54, 1.807) is 30.3 Å². The van der Waals surface area contributed by atoms with Gasteiger partial charge in [-0.15, -0.1) is 0 Å². The lowest BCUT2D eigenvalue weighted by Crippen LogP contribution is -2.32. The molecule has 0 aliphatic carbocycles. The Kier molecular flexibility index (Phi) is 7.40. The van der Waals surface area contributed by atoms with Crippen LogP contribution in [-0.4, -0.2) is 29.0 Å². The number of nitrogens with zero attached hydrogens (tertiary/aromatic N) is 1. The SMILES string of the molecule is NCCCN(Cc1ccccc1F)C(=O)c1ccc(OCc2ccccc2)c(O)c1. The Morgan fingerprint density at radius 1 is 1.03 bits per heavy atom. The van der Waals surface area contributed by atoms with Crippen molar-refractivity contribution in [2.24, 2.45) is 5.73 Å². The number of nitrogens with two attached hydrogens (primary N) is 1. The quantitative estimate of drug-likeness (QED) is 0.559. The molecule has 0 fully saturated rings. The number of rotatable bonds is 9. The minimum Gasteiger partial charge on any atom is -0.504 e. The Labute approximate surface area is 175 Å². The maximum absolute atomic E-state index is 14.1. The second-order valence-electron chi connectivity index (χ2n) is 6.92. The summed E-state index contributed by atoms with van der Waals surface area (Å²) in [4.78, 5) is 14.6. The topological polar surface area (TPSA) is 75.8 Å². The van der Waals surface area contributed by atoms with Gasteiger partial charge >= 0.3 is 0 Å². The van der Waals surface area contributed by atoms with Gasteiger partial charge in [0.15, 0.2) is 11.5 Å². The zero-order valence-electron chi connectivity index (χ0n) is 16.6. The van der Waals surface area contributed by atoms with E-state index in [9.17, 15) is 14.3 Å². The normalized spacial score (nSPS) is 10.6. The van der Waals surface area contributed by atoms with Crippen LogP contribution in [0.15, 0.2) is 72.8 Å². The van der Waals surface area contributed by atoms with Crippen LogP contribution in [0.4, 0.5) is 4.39 Å². The summed E-state index contributed by atoms with van der Waals surface area (Å²) in [5.74, 6) is -0.508. The molecule has 0 aliphatic rings. The van der Waals surface area contributed by atoms with Crippen molar-refractivity contribution in [3.8, 4) is 11.5 Å². The van der Waals surface area contributed by atoms with Gasteiger partial charge in [-0.05, 0) is 42.8 Å². The number of amides is 1. The average molecular weight is 408 g/mol. The van der Waals surface area contributed by atoms with Crippen molar-refractivity contribution in [3.05, 3.63) is 95.3 Å². The van der Waals surface area contributed by atoms with E-state index in [-0.39, 0.29) is 29.8 Å². The molecule has 0 atom stereocenters. The van der Waals surface area contributed by atoms with E-state index >= 15 is 0 Å². The fourth-order valence-corrected chi connectivity index (χ4v) is 3.06. The highest BCUT2D eigenvalue weighted by Crippen LogP contribution is 2.28. The molecule has 0 unspecified atom stereocenters. The highest BCUT2D eigenvalue weighted by atomic mass is 19.1. The zero-order chi connectivity index (χ0) is 21.3. The number of phenols is 1. The van der Waals surface area contributed by atoms with Gasteiger partial charge in [-0.25, -0.2) is 4.39 Å². The van der Waals surface area contributed by atoms with Crippen molar-refractivity contribution in [1.82, 2.24) is 4.90 Å². The Morgan fingerprint density at radius 3 is 2.47 bits per heavy atom. The van der Waals surface area contributed by atoms with Gasteiger partial charge in [0.25, 0.3) is 5.91 Å². The molecule has 3 aromatic carbocycles. The van der Waals surface area contributed by atoms with Crippen LogP contribution in [0.1, 0.15) is 27.9 Å². The highest BCUT2D eigenvalue weighted by molar-refractivity contribution is 5.94. The van der Waals surface area contributed by atoms with Crippen molar-refractivity contribution in [2.75, 3.05) is 13.1 Å². The smallest absolute Gasteiger partial charge is 0.254 e. The lowest BCUT2D eigenvalue weighted by Gasteiger charge is -2.23. The van der Waals surface area contributed by atoms with Gasteiger partial charge in [-0.1, -0.05) is 48.5 Å². The molecule has 0 aromatic heterocycles. The Balaban J connectivity index is 1.73. The van der Waals surface area contributed by atoms with E-state index in [2.05, 4.69) is 0 Å². The summed E-state index contributed by atoms with van der Waals surface area (Å²) < 4.78 is 19.7. The Hall–Kier alpha value is -3.38. The molecular weight excluding hydrogens is 383 g/mol. The number of benzene rings is 3. The highest BCUT2D eigenvalue weighted by Gasteiger charge is 2.19. The molecule has 3 N–H and O–H groups in total. The van der Waals surface area contributed by atoms with Crippen molar-refractivity contribution in [3.63, 3.8) is 0 Å². The standard InChI is InChI=1S/C24H25FN2O3/c25-21-10-5-4-9-20(21)16-27(14-6-13-26)24(29)19-11-12-23(22(28)15-19)30-17-18-7-2-1-3-8-18/h1-5,7-12,15,28H,6,13-14,16-17,26H2. The molecule has 30 heavy (non-hydrogen) atoms. The number of carbonyl (C=O) groups excluding carboxylic acids is 1.